The van der Waals surface area contributed by atoms with Crippen molar-refractivity contribution >= 4 is 87.2 Å². The Balaban J connectivity index is 0.00000235. The van der Waals surface area contributed by atoms with E-state index in [0.717, 1.165) is 83.7 Å². The van der Waals surface area contributed by atoms with Crippen LogP contribution < -0.4 is 0 Å². The van der Waals surface area contributed by atoms with Crippen LogP contribution in [0.1, 0.15) is 78.1 Å². The molecule has 4 N–H and O–H groups in total. The van der Waals surface area contributed by atoms with E-state index < -0.39 is 11.9 Å². The summed E-state index contributed by atoms with van der Waals surface area (Å²) in [5, 5.41) is 18.9. The molecule has 0 saturated heterocycles. The van der Waals surface area contributed by atoms with Gasteiger partial charge in [0.2, 0.25) is 0 Å². The molecule has 0 aromatic carbocycles. The zero-order chi connectivity index (χ0) is 30.3. The van der Waals surface area contributed by atoms with Gasteiger partial charge in [0.25, 0.3) is 0 Å². The van der Waals surface area contributed by atoms with Crippen LogP contribution in [-0.4, -0.2) is 42.1 Å². The molecule has 0 saturated carbocycles. The summed E-state index contributed by atoms with van der Waals surface area (Å²) in [5.41, 5.74) is 13.7. The number of allylic oxidation sites excluding steroid dienone is 5. The van der Waals surface area contributed by atoms with Crippen molar-refractivity contribution in [3.05, 3.63) is 88.5 Å². The fraction of sp³-hybridized carbons (Fsp3) is 0.235. The minimum Gasteiger partial charge on any atom is -0.481 e. The van der Waals surface area contributed by atoms with Crippen molar-refractivity contribution in [1.82, 2.24) is 19.9 Å². The minimum absolute atomic E-state index is 0. The summed E-state index contributed by atoms with van der Waals surface area (Å²) in [6.07, 6.45) is 4.22. The van der Waals surface area contributed by atoms with Crippen LogP contribution in [0.15, 0.2) is 43.5 Å². The minimum atomic E-state index is -0.883. The average molecular weight is 691 g/mol. The van der Waals surface area contributed by atoms with Gasteiger partial charge in [-0.3, -0.25) is 9.59 Å². The maximum Gasteiger partial charge on any atom is 0.303 e. The molecule has 0 aliphatic carbocycles. The number of rotatable bonds is 8. The van der Waals surface area contributed by atoms with Gasteiger partial charge >= 0.3 is 11.9 Å². The third-order valence-corrected chi connectivity index (χ3v) is 8.22. The summed E-state index contributed by atoms with van der Waals surface area (Å²) < 4.78 is 0. The summed E-state index contributed by atoms with van der Waals surface area (Å²) in [6, 6.07) is 7.88. The number of carboxylic acids is 2. The van der Waals surface area contributed by atoms with Gasteiger partial charge in [-0.15, -0.1) is 24.8 Å². The molecule has 8 nitrogen and oxygen atoms in total. The van der Waals surface area contributed by atoms with E-state index in [9.17, 15) is 19.8 Å². The first kappa shape index (κ1) is 37.3. The quantitative estimate of drug-likeness (QED) is 0.176. The number of carbonyl (C=O) groups is 2. The molecule has 2 aliphatic rings. The van der Waals surface area contributed by atoms with Crippen molar-refractivity contribution in [1.29, 1.82) is 0 Å². The Bertz CT molecular complexity index is 1940. The van der Waals surface area contributed by atoms with Crippen LogP contribution in [0.25, 0.3) is 50.4 Å². The van der Waals surface area contributed by atoms with Crippen LogP contribution in [0.3, 0.4) is 0 Å². The summed E-state index contributed by atoms with van der Waals surface area (Å²) in [4.78, 5) is 40.0. The van der Waals surface area contributed by atoms with Crippen LogP contribution in [0.4, 0.5) is 0 Å². The number of H-pyrrole nitrogens is 2. The second-order valence-electron chi connectivity index (χ2n) is 10.7. The molecule has 5 heterocycles. The summed E-state index contributed by atoms with van der Waals surface area (Å²) in [7, 11) is 0. The number of nitrogens with one attached hydrogen (secondary N) is 2. The number of halogens is 2. The molecule has 5 rings (SSSR count). The van der Waals surface area contributed by atoms with Crippen LogP contribution in [0.2, 0.25) is 0 Å². The van der Waals surface area contributed by atoms with Gasteiger partial charge in [-0.05, 0) is 98.2 Å². The number of carboxylic acid groups (broad SMARTS) is 2. The predicted molar refractivity (Wildman–Crippen MR) is 183 cm³/mol. The second-order valence-corrected chi connectivity index (χ2v) is 10.7. The molecule has 3 aromatic rings. The van der Waals surface area contributed by atoms with E-state index in [1.807, 2.05) is 58.0 Å². The predicted octanol–water partition coefficient (Wildman–Crippen LogP) is 8.35. The first-order valence-corrected chi connectivity index (χ1v) is 13.9. The first-order chi connectivity index (χ1) is 20.0. The first-order valence-electron chi connectivity index (χ1n) is 13.9. The van der Waals surface area contributed by atoms with Crippen molar-refractivity contribution in [2.24, 2.45) is 0 Å². The smallest absolute Gasteiger partial charge is 0.303 e. The van der Waals surface area contributed by atoms with Crippen LogP contribution in [0, 0.1) is 13.8 Å². The van der Waals surface area contributed by atoms with Crippen molar-refractivity contribution < 1.29 is 36.9 Å². The van der Waals surface area contributed by atoms with Crippen LogP contribution in [0.5, 0.6) is 0 Å². The van der Waals surface area contributed by atoms with Gasteiger partial charge in [-0.1, -0.05) is 25.3 Å². The van der Waals surface area contributed by atoms with Gasteiger partial charge in [0.05, 0.1) is 22.8 Å². The molecule has 3 aromatic heterocycles. The number of nitrogens with zero attached hydrogens (tertiary/aromatic N) is 2. The van der Waals surface area contributed by atoms with Crippen LogP contribution >= 0.6 is 24.8 Å². The van der Waals surface area contributed by atoms with Gasteiger partial charge in [0.15, 0.2) is 0 Å². The van der Waals surface area contributed by atoms with Crippen molar-refractivity contribution in [3.8, 4) is 0 Å². The molecule has 238 valence electrons. The maximum absolute atomic E-state index is 11.5. The second kappa shape index (κ2) is 14.9. The van der Waals surface area contributed by atoms with Crippen molar-refractivity contribution in [2.45, 2.75) is 53.4 Å². The number of aromatic amines is 2. The summed E-state index contributed by atoms with van der Waals surface area (Å²) >= 11 is 0. The Labute approximate surface area is 284 Å². The molecule has 0 spiro atoms. The number of aliphatic carboxylic acids is 2. The normalized spacial score (nSPS) is 12.2. The third kappa shape index (κ3) is 7.18. The van der Waals surface area contributed by atoms with E-state index in [2.05, 4.69) is 23.1 Å². The van der Waals surface area contributed by atoms with Gasteiger partial charge < -0.3 is 20.2 Å². The Morgan fingerprint density at radius 1 is 0.711 bits per heavy atom. The monoisotopic (exact) mass is 690 g/mol. The number of aromatic nitrogens is 4. The zero-order valence-electron chi connectivity index (χ0n) is 25.5. The molecule has 8 bridgehead atoms. The molecule has 0 amide bonds. The molecular weight excluding hydrogens is 655 g/mol. The molecule has 0 atom stereocenters. The van der Waals surface area contributed by atoms with Gasteiger partial charge in [-0.25, -0.2) is 9.97 Å². The van der Waals surface area contributed by atoms with Gasteiger partial charge in [-0.2, -0.15) is 0 Å². The van der Waals surface area contributed by atoms with Gasteiger partial charge in [0.1, 0.15) is 0 Å². The van der Waals surface area contributed by atoms with E-state index in [1.165, 1.54) is 0 Å². The largest absolute Gasteiger partial charge is 0.481 e. The molecule has 2 aliphatic heterocycles. The van der Waals surface area contributed by atoms with E-state index >= 15 is 0 Å². The Kier molecular flexibility index (Phi) is 12.4. The van der Waals surface area contributed by atoms with E-state index in [1.54, 1.807) is 6.08 Å². The molecule has 0 unspecified atom stereocenters. The molecule has 0 radical (unpaired) electrons. The topological polar surface area (TPSA) is 132 Å². The Morgan fingerprint density at radius 3 is 1.84 bits per heavy atom. The summed E-state index contributed by atoms with van der Waals surface area (Å²) in [5.74, 6) is -1.76. The molecule has 0 fully saturated rings. The standard InChI is InChI=1S/C34H34N4O4.2ClH.Fe/c1-7-21-17(3)25-13-26-19(5)23(9-11-33(39)40)31(37-26)16-32-24(10-12-34(41)42)20(6)28(38-32)15-30-22(8-2)18(4)27(36-30)14-29(21)35-25;;;/h7-8,13-16,35,38H,1-2,9-12H2,3-6H3,(H,39,40)(H,41,42);2*1H;. The van der Waals surface area contributed by atoms with Crippen LogP contribution in [-0.2, 0) is 33.1 Å². The Morgan fingerprint density at radius 2 is 1.22 bits per heavy atom. The van der Waals surface area contributed by atoms with Gasteiger partial charge in [0, 0.05) is 63.1 Å². The summed E-state index contributed by atoms with van der Waals surface area (Å²) in [6.45, 7) is 16.0. The number of hydrogen-bond donors (Lipinski definition) is 4. The number of hydrogen-bond acceptors (Lipinski definition) is 4. The zero-order valence-corrected chi connectivity index (χ0v) is 28.2. The number of aryl methyl sites for hydroxylation is 3. The third-order valence-electron chi connectivity index (χ3n) is 8.22. The fourth-order valence-electron chi connectivity index (χ4n) is 5.77. The Hall–Kier alpha value is -3.88. The average Bonchev–Trinajstić information content (AvgIpc) is 3.59. The van der Waals surface area contributed by atoms with E-state index in [4.69, 9.17) is 9.97 Å². The van der Waals surface area contributed by atoms with E-state index in [-0.39, 0.29) is 54.7 Å². The number of fused-ring (bicyclic) bond motifs is 8. The maximum atomic E-state index is 11.5. The molecular formula is C34H36Cl2FeN4O4. The van der Waals surface area contributed by atoms with Crippen molar-refractivity contribution in [2.75, 3.05) is 0 Å². The SMILES string of the molecule is C=CC1=C(C)c2cc3[nH]c(cc4nc(cc5[nH]c(cc1n2)c(C)c5CCC(=O)O)C(CCC(=O)O)=C4C)c(C)c3C=C.Cl.Cl.[Fe]. The molecule has 45 heavy (non-hydrogen) atoms. The van der Waals surface area contributed by atoms with Crippen molar-refractivity contribution in [3.63, 3.8) is 0 Å². The van der Waals surface area contributed by atoms with E-state index in [0.29, 0.717) is 18.5 Å². The molecule has 11 heteroatoms. The fourth-order valence-corrected chi connectivity index (χ4v) is 5.77.